The second-order valence-electron chi connectivity index (χ2n) is 9.87. The number of hydrazine groups is 2. The molecule has 4 rings (SSSR count). The second-order valence-corrected chi connectivity index (χ2v) is 9.87. The summed E-state index contributed by atoms with van der Waals surface area (Å²) in [5, 5.41) is 8.61. The Morgan fingerprint density at radius 2 is 1.92 bits per heavy atom. The summed E-state index contributed by atoms with van der Waals surface area (Å²) in [7, 11) is 0. The highest BCUT2D eigenvalue weighted by atomic mass is 16.6. The maximum Gasteiger partial charge on any atom is 0.411 e. The van der Waals surface area contributed by atoms with E-state index in [9.17, 15) is 14.4 Å². The van der Waals surface area contributed by atoms with Gasteiger partial charge in [-0.2, -0.15) is 0 Å². The first-order valence-electron chi connectivity index (χ1n) is 11.8. The number of nitrogens with two attached hydrogens (primary N) is 3. The molecule has 2 amide bonds. The highest BCUT2D eigenvalue weighted by molar-refractivity contribution is 6.08. The summed E-state index contributed by atoms with van der Waals surface area (Å²) < 4.78 is 6.84. The van der Waals surface area contributed by atoms with Gasteiger partial charge in [-0.3, -0.25) is 24.2 Å². The molecule has 0 spiro atoms. The fourth-order valence-corrected chi connectivity index (χ4v) is 4.30. The van der Waals surface area contributed by atoms with Gasteiger partial charge in [0.25, 0.3) is 0 Å². The highest BCUT2D eigenvalue weighted by Crippen LogP contribution is 2.39. The minimum Gasteiger partial charge on any atom is -0.444 e. The number of fused-ring (bicyclic) bond motifs is 1. The van der Waals surface area contributed by atoms with Crippen LogP contribution in [0.5, 0.6) is 0 Å². The van der Waals surface area contributed by atoms with Crippen LogP contribution in [0.15, 0.2) is 42.4 Å². The number of Topliss-reactive ketones (excluding diaryl/α,β-unsaturated/α-hetero) is 1. The smallest absolute Gasteiger partial charge is 0.411 e. The summed E-state index contributed by atoms with van der Waals surface area (Å²) in [6, 6.07) is 0. The van der Waals surface area contributed by atoms with Crippen molar-refractivity contribution in [1.82, 2.24) is 25.2 Å². The zero-order valence-electron chi connectivity index (χ0n) is 21.3. The summed E-state index contributed by atoms with van der Waals surface area (Å²) in [6.07, 6.45) is 9.64. The van der Waals surface area contributed by atoms with Crippen LogP contribution in [-0.2, 0) is 16.1 Å². The minimum absolute atomic E-state index is 0.0414. The number of ketones is 1. The van der Waals surface area contributed by atoms with Crippen LogP contribution >= 0.6 is 0 Å². The van der Waals surface area contributed by atoms with Crippen molar-refractivity contribution in [1.29, 1.82) is 0 Å². The molecule has 0 aromatic carbocycles. The zero-order valence-corrected chi connectivity index (χ0v) is 21.3. The summed E-state index contributed by atoms with van der Waals surface area (Å²) in [5.74, 6) is 18.8. The number of dihydropyridines is 2. The molecule has 0 radical (unpaired) electrons. The predicted molar refractivity (Wildman–Crippen MR) is 138 cm³/mol. The van der Waals surface area contributed by atoms with E-state index >= 15 is 0 Å². The number of nitrogens with one attached hydrogen (secondary N) is 2. The lowest BCUT2D eigenvalue weighted by Gasteiger charge is -2.32. The third-order valence-electron chi connectivity index (χ3n) is 5.98. The second kappa shape index (κ2) is 9.67. The zero-order chi connectivity index (χ0) is 27.1. The van der Waals surface area contributed by atoms with E-state index in [1.165, 1.54) is 21.5 Å². The number of nitrogen functional groups attached to an aromatic ring is 1. The summed E-state index contributed by atoms with van der Waals surface area (Å²) in [4.78, 5) is 39.5. The van der Waals surface area contributed by atoms with Crippen LogP contribution in [0.2, 0.25) is 0 Å². The Labute approximate surface area is 214 Å². The Morgan fingerprint density at radius 3 is 2.54 bits per heavy atom. The summed E-state index contributed by atoms with van der Waals surface area (Å²) in [5.41, 5.74) is 1.42. The number of hydrogen-bond donors (Lipinski definition) is 5. The molecule has 0 fully saturated rings. The average molecular weight is 512 g/mol. The van der Waals surface area contributed by atoms with Crippen molar-refractivity contribution >= 4 is 29.0 Å². The fourth-order valence-electron chi connectivity index (χ4n) is 4.30. The Hall–Kier alpha value is -4.23. The van der Waals surface area contributed by atoms with Gasteiger partial charge in [0.05, 0.1) is 35.7 Å². The fraction of sp³-hybridized carbons (Fsp3) is 0.375. The molecule has 0 saturated carbocycles. The molecule has 0 aliphatic carbocycles. The van der Waals surface area contributed by atoms with E-state index < -0.39 is 17.9 Å². The molecular weight excluding hydrogens is 478 g/mol. The molecule has 4 heterocycles. The molecule has 13 heteroatoms. The van der Waals surface area contributed by atoms with Crippen LogP contribution in [0, 0.1) is 0 Å². The SMILES string of the molecule is CC(=O)N(N)C1=CC(c2c(N(N)C3C=CC=CN3)c3c(n2N)CN(C(=O)OC(C)(C)C)CC3=O)=CCN1. The Morgan fingerprint density at radius 1 is 1.19 bits per heavy atom. The Kier molecular flexibility index (Phi) is 6.76. The number of hydrogen-bond acceptors (Lipinski definition) is 10. The lowest BCUT2D eigenvalue weighted by atomic mass is 10.0. The monoisotopic (exact) mass is 511 g/mol. The van der Waals surface area contributed by atoms with Gasteiger partial charge in [-0.1, -0.05) is 12.2 Å². The predicted octanol–water partition coefficient (Wildman–Crippen LogP) is 0.365. The van der Waals surface area contributed by atoms with E-state index in [1.54, 1.807) is 33.0 Å². The van der Waals surface area contributed by atoms with Gasteiger partial charge in [0.1, 0.15) is 17.6 Å². The standard InChI is InChI=1S/C24H33N9O4/c1-14(34)31(25)19-11-15(8-10-29-19)21-22(33(27)18-7-5-6-9-28-18)20-16(32(21)26)12-30(13-17(20)35)23(36)37-24(2,3)4/h5-9,11,18,28-29H,10,12-13,25-27H2,1-4H3. The van der Waals surface area contributed by atoms with Crippen LogP contribution < -0.4 is 33.2 Å². The lowest BCUT2D eigenvalue weighted by Crippen LogP contribution is -2.49. The molecule has 1 aromatic rings. The number of ether oxygens (including phenoxy) is 1. The molecule has 0 bridgehead atoms. The van der Waals surface area contributed by atoms with Crippen LogP contribution in [0.1, 0.15) is 49.4 Å². The first kappa shape index (κ1) is 25.9. The molecule has 0 saturated heterocycles. The molecule has 3 aliphatic rings. The third-order valence-corrected chi connectivity index (χ3v) is 5.98. The van der Waals surface area contributed by atoms with Crippen molar-refractivity contribution in [3.63, 3.8) is 0 Å². The summed E-state index contributed by atoms with van der Waals surface area (Å²) >= 11 is 0. The van der Waals surface area contributed by atoms with Gasteiger partial charge in [-0.25, -0.2) is 21.5 Å². The van der Waals surface area contributed by atoms with E-state index in [2.05, 4.69) is 10.6 Å². The first-order chi connectivity index (χ1) is 17.4. The van der Waals surface area contributed by atoms with Crippen molar-refractivity contribution in [2.45, 2.75) is 46.0 Å². The molecule has 1 aromatic heterocycles. The Balaban J connectivity index is 1.83. The van der Waals surface area contributed by atoms with Gasteiger partial charge >= 0.3 is 6.09 Å². The molecule has 37 heavy (non-hydrogen) atoms. The number of carbonyl (C=O) groups excluding carboxylic acids is 3. The number of aromatic nitrogens is 1. The van der Waals surface area contributed by atoms with E-state index in [4.69, 9.17) is 22.3 Å². The summed E-state index contributed by atoms with van der Waals surface area (Å²) in [6.45, 7) is 6.81. The van der Waals surface area contributed by atoms with Gasteiger partial charge in [0.15, 0.2) is 5.78 Å². The largest absolute Gasteiger partial charge is 0.444 e. The van der Waals surface area contributed by atoms with Crippen LogP contribution in [0.3, 0.4) is 0 Å². The lowest BCUT2D eigenvalue weighted by molar-refractivity contribution is -0.127. The van der Waals surface area contributed by atoms with Gasteiger partial charge in [0, 0.05) is 19.0 Å². The van der Waals surface area contributed by atoms with Crippen LogP contribution in [-0.4, -0.2) is 57.2 Å². The molecule has 198 valence electrons. The van der Waals surface area contributed by atoms with E-state index in [1.807, 2.05) is 24.3 Å². The van der Waals surface area contributed by atoms with Gasteiger partial charge < -0.3 is 21.2 Å². The average Bonchev–Trinajstić information content (AvgIpc) is 3.15. The van der Waals surface area contributed by atoms with Crippen molar-refractivity contribution < 1.29 is 19.1 Å². The quantitative estimate of drug-likeness (QED) is 0.215. The maximum absolute atomic E-state index is 13.5. The third kappa shape index (κ3) is 5.04. The van der Waals surface area contributed by atoms with Crippen molar-refractivity contribution in [3.8, 4) is 0 Å². The van der Waals surface area contributed by atoms with Crippen molar-refractivity contribution in [2.24, 2.45) is 11.7 Å². The number of rotatable bonds is 4. The highest BCUT2D eigenvalue weighted by Gasteiger charge is 2.39. The number of anilines is 1. The normalized spacial score (nSPS) is 18.8. The number of nitrogens with zero attached hydrogens (tertiary/aromatic N) is 4. The van der Waals surface area contributed by atoms with E-state index in [0.717, 1.165) is 5.01 Å². The van der Waals surface area contributed by atoms with Crippen LogP contribution in [0.4, 0.5) is 10.5 Å². The molecular formula is C24H33N9O4. The van der Waals surface area contributed by atoms with Gasteiger partial charge in [0.2, 0.25) is 5.91 Å². The molecule has 13 nitrogen and oxygen atoms in total. The van der Waals surface area contributed by atoms with Crippen LogP contribution in [0.25, 0.3) is 5.57 Å². The minimum atomic E-state index is -0.728. The topological polar surface area (TPSA) is 177 Å². The maximum atomic E-state index is 13.5. The Bertz CT molecular complexity index is 1250. The van der Waals surface area contributed by atoms with Crippen molar-refractivity contribution in [2.75, 3.05) is 23.9 Å². The number of amides is 2. The van der Waals surface area contributed by atoms with Gasteiger partial charge in [-0.15, -0.1) is 0 Å². The first-order valence-corrected chi connectivity index (χ1v) is 11.8. The molecule has 3 aliphatic heterocycles. The number of allylic oxidation sites excluding steroid dienone is 4. The van der Waals surface area contributed by atoms with E-state index in [0.29, 0.717) is 40.6 Å². The molecule has 1 unspecified atom stereocenters. The van der Waals surface area contributed by atoms with Crippen molar-refractivity contribution in [3.05, 3.63) is 59.4 Å². The number of carbonyl (C=O) groups is 3. The molecule has 8 N–H and O–H groups in total. The van der Waals surface area contributed by atoms with Gasteiger partial charge in [-0.05, 0) is 45.2 Å². The molecule has 1 atom stereocenters. The van der Waals surface area contributed by atoms with E-state index in [-0.39, 0.29) is 24.8 Å².